The second-order valence-corrected chi connectivity index (χ2v) is 5.72. The Morgan fingerprint density at radius 3 is 2.50 bits per heavy atom. The predicted molar refractivity (Wildman–Crippen MR) is 84.4 cm³/mol. The predicted octanol–water partition coefficient (Wildman–Crippen LogP) is 2.29. The van der Waals surface area contributed by atoms with E-state index in [0.29, 0.717) is 13.0 Å². The molecule has 1 amide bonds. The van der Waals surface area contributed by atoms with Crippen molar-refractivity contribution >= 4 is 18.3 Å². The van der Waals surface area contributed by atoms with Crippen molar-refractivity contribution in [1.29, 1.82) is 0 Å². The summed E-state index contributed by atoms with van der Waals surface area (Å²) in [5.74, 6) is 0.720. The molecule has 1 aromatic rings. The van der Waals surface area contributed by atoms with Gasteiger partial charge in [0.15, 0.2) is 0 Å². The van der Waals surface area contributed by atoms with Gasteiger partial charge in [-0.25, -0.2) is 0 Å². The standard InChI is InChI=1S/C15H24N2O2.ClH/c1-11(2)19-13-8-6-5-7-12(13)9-14(18)17-10-15(3,4)16;/h5-8,11H,9-10,16H2,1-4H3,(H,17,18);1H. The minimum Gasteiger partial charge on any atom is -0.491 e. The molecule has 0 aliphatic carbocycles. The number of hydrogen-bond acceptors (Lipinski definition) is 3. The van der Waals surface area contributed by atoms with Crippen molar-refractivity contribution in [3.05, 3.63) is 29.8 Å². The zero-order valence-electron chi connectivity index (χ0n) is 12.6. The van der Waals surface area contributed by atoms with Crippen LogP contribution in [0.25, 0.3) is 0 Å². The molecule has 4 nitrogen and oxygen atoms in total. The molecule has 0 saturated heterocycles. The quantitative estimate of drug-likeness (QED) is 0.847. The van der Waals surface area contributed by atoms with Gasteiger partial charge in [0.05, 0.1) is 12.5 Å². The van der Waals surface area contributed by atoms with Crippen LogP contribution >= 0.6 is 12.4 Å². The largest absolute Gasteiger partial charge is 0.491 e. The van der Waals surface area contributed by atoms with Crippen LogP contribution in [-0.2, 0) is 11.2 Å². The molecule has 0 fully saturated rings. The zero-order chi connectivity index (χ0) is 14.5. The van der Waals surface area contributed by atoms with Gasteiger partial charge in [0.1, 0.15) is 5.75 Å². The van der Waals surface area contributed by atoms with Gasteiger partial charge in [-0.3, -0.25) is 4.79 Å². The number of nitrogens with one attached hydrogen (secondary N) is 1. The number of amides is 1. The lowest BCUT2D eigenvalue weighted by Gasteiger charge is -2.19. The molecule has 0 aliphatic rings. The molecular formula is C15H25ClN2O2. The number of carbonyl (C=O) groups is 1. The van der Waals surface area contributed by atoms with Crippen LogP contribution in [0.4, 0.5) is 0 Å². The average Bonchev–Trinajstić information content (AvgIpc) is 2.27. The maximum absolute atomic E-state index is 11.9. The van der Waals surface area contributed by atoms with Gasteiger partial charge >= 0.3 is 0 Å². The summed E-state index contributed by atoms with van der Waals surface area (Å²) in [6, 6.07) is 7.60. The van der Waals surface area contributed by atoms with Crippen molar-refractivity contribution in [3.63, 3.8) is 0 Å². The topological polar surface area (TPSA) is 64.3 Å². The summed E-state index contributed by atoms with van der Waals surface area (Å²) in [5, 5.41) is 2.83. The molecule has 0 atom stereocenters. The van der Waals surface area contributed by atoms with E-state index in [4.69, 9.17) is 10.5 Å². The average molecular weight is 301 g/mol. The number of ether oxygens (including phenoxy) is 1. The van der Waals surface area contributed by atoms with Gasteiger partial charge in [-0.2, -0.15) is 0 Å². The van der Waals surface area contributed by atoms with E-state index in [1.165, 1.54) is 0 Å². The summed E-state index contributed by atoms with van der Waals surface area (Å²) in [6.07, 6.45) is 0.395. The van der Waals surface area contributed by atoms with E-state index in [2.05, 4.69) is 5.32 Å². The molecule has 20 heavy (non-hydrogen) atoms. The van der Waals surface area contributed by atoms with Gasteiger partial charge in [0.25, 0.3) is 0 Å². The smallest absolute Gasteiger partial charge is 0.224 e. The molecule has 0 saturated carbocycles. The maximum atomic E-state index is 11.9. The molecule has 0 radical (unpaired) electrons. The Kier molecular flexibility index (Phi) is 7.61. The number of para-hydroxylation sites is 1. The lowest BCUT2D eigenvalue weighted by Crippen LogP contribution is -2.45. The fourth-order valence-corrected chi connectivity index (χ4v) is 1.58. The number of nitrogens with two attached hydrogens (primary N) is 1. The third-order valence-electron chi connectivity index (χ3n) is 2.43. The third kappa shape index (κ3) is 7.36. The van der Waals surface area contributed by atoms with Crippen LogP contribution in [0, 0.1) is 0 Å². The van der Waals surface area contributed by atoms with Crippen molar-refractivity contribution in [3.8, 4) is 5.75 Å². The van der Waals surface area contributed by atoms with Crippen molar-refractivity contribution in [1.82, 2.24) is 5.32 Å². The van der Waals surface area contributed by atoms with Crippen LogP contribution in [0.15, 0.2) is 24.3 Å². The van der Waals surface area contributed by atoms with Gasteiger partial charge in [-0.15, -0.1) is 12.4 Å². The van der Waals surface area contributed by atoms with E-state index >= 15 is 0 Å². The van der Waals surface area contributed by atoms with Gasteiger partial charge in [0.2, 0.25) is 5.91 Å². The highest BCUT2D eigenvalue weighted by Gasteiger charge is 2.14. The number of carbonyl (C=O) groups excluding carboxylic acids is 1. The highest BCUT2D eigenvalue weighted by molar-refractivity contribution is 5.85. The lowest BCUT2D eigenvalue weighted by molar-refractivity contribution is -0.120. The third-order valence-corrected chi connectivity index (χ3v) is 2.43. The van der Waals surface area contributed by atoms with E-state index in [1.807, 2.05) is 52.0 Å². The first-order valence-electron chi connectivity index (χ1n) is 6.58. The van der Waals surface area contributed by atoms with Gasteiger partial charge < -0.3 is 15.8 Å². The summed E-state index contributed by atoms with van der Waals surface area (Å²) < 4.78 is 5.69. The number of hydrogen-bond donors (Lipinski definition) is 2. The Bertz CT molecular complexity index is 428. The monoisotopic (exact) mass is 300 g/mol. The van der Waals surface area contributed by atoms with Crippen molar-refractivity contribution in [2.45, 2.75) is 45.8 Å². The van der Waals surface area contributed by atoms with Crippen LogP contribution < -0.4 is 15.8 Å². The molecule has 0 aromatic heterocycles. The normalized spacial score (nSPS) is 10.9. The molecule has 5 heteroatoms. The van der Waals surface area contributed by atoms with Gasteiger partial charge in [-0.1, -0.05) is 18.2 Å². The second-order valence-electron chi connectivity index (χ2n) is 5.72. The molecule has 0 unspecified atom stereocenters. The number of halogens is 1. The van der Waals surface area contributed by atoms with E-state index in [1.54, 1.807) is 0 Å². The van der Waals surface area contributed by atoms with E-state index in [0.717, 1.165) is 11.3 Å². The van der Waals surface area contributed by atoms with Crippen molar-refractivity contribution in [2.75, 3.05) is 6.54 Å². The number of rotatable bonds is 6. The molecule has 0 spiro atoms. The SMILES string of the molecule is CC(C)Oc1ccccc1CC(=O)NCC(C)(C)N.Cl. The minimum absolute atomic E-state index is 0. The second kappa shape index (κ2) is 8.12. The maximum Gasteiger partial charge on any atom is 0.224 e. The van der Waals surface area contributed by atoms with Gasteiger partial charge in [-0.05, 0) is 33.8 Å². The summed E-state index contributed by atoms with van der Waals surface area (Å²) in [4.78, 5) is 11.9. The molecule has 0 bridgehead atoms. The summed E-state index contributed by atoms with van der Waals surface area (Å²) in [5.41, 5.74) is 6.33. The van der Waals surface area contributed by atoms with Crippen molar-refractivity contribution in [2.24, 2.45) is 5.73 Å². The number of benzene rings is 1. The first-order chi connectivity index (χ1) is 8.78. The molecule has 1 rings (SSSR count). The van der Waals surface area contributed by atoms with E-state index in [9.17, 15) is 4.79 Å². The lowest BCUT2D eigenvalue weighted by atomic mass is 10.1. The molecule has 3 N–H and O–H groups in total. The van der Waals surface area contributed by atoms with E-state index < -0.39 is 5.54 Å². The molecule has 114 valence electrons. The Morgan fingerprint density at radius 1 is 1.35 bits per heavy atom. The Morgan fingerprint density at radius 2 is 1.95 bits per heavy atom. The van der Waals surface area contributed by atoms with Crippen LogP contribution in [0.1, 0.15) is 33.3 Å². The summed E-state index contributed by atoms with van der Waals surface area (Å²) in [7, 11) is 0. The molecule has 0 aliphatic heterocycles. The van der Waals surface area contributed by atoms with Crippen LogP contribution in [0.3, 0.4) is 0 Å². The van der Waals surface area contributed by atoms with Crippen molar-refractivity contribution < 1.29 is 9.53 Å². The van der Waals surface area contributed by atoms with E-state index in [-0.39, 0.29) is 24.4 Å². The van der Waals surface area contributed by atoms with Gasteiger partial charge in [0, 0.05) is 17.6 Å². The highest BCUT2D eigenvalue weighted by Crippen LogP contribution is 2.19. The molecule has 0 heterocycles. The first kappa shape index (κ1) is 18.7. The summed E-state index contributed by atoms with van der Waals surface area (Å²) >= 11 is 0. The Hall–Kier alpha value is -1.26. The van der Waals surface area contributed by atoms with Crippen LogP contribution in [-0.4, -0.2) is 24.1 Å². The fraction of sp³-hybridized carbons (Fsp3) is 0.533. The Labute approximate surface area is 127 Å². The Balaban J connectivity index is 0.00000361. The fourth-order valence-electron chi connectivity index (χ4n) is 1.58. The molecule has 1 aromatic carbocycles. The zero-order valence-corrected chi connectivity index (χ0v) is 13.4. The van der Waals surface area contributed by atoms with Crippen LogP contribution in [0.2, 0.25) is 0 Å². The minimum atomic E-state index is -0.399. The first-order valence-corrected chi connectivity index (χ1v) is 6.58. The molecular weight excluding hydrogens is 276 g/mol. The van der Waals surface area contributed by atoms with Crippen LogP contribution in [0.5, 0.6) is 5.75 Å². The summed E-state index contributed by atoms with van der Waals surface area (Å²) in [6.45, 7) is 8.15. The highest BCUT2D eigenvalue weighted by atomic mass is 35.5.